The first-order valence-electron chi connectivity index (χ1n) is 6.99. The molecule has 23 heavy (non-hydrogen) atoms. The van der Waals surface area contributed by atoms with Gasteiger partial charge in [-0.15, -0.1) is 10.2 Å². The highest BCUT2D eigenvalue weighted by Gasteiger charge is 2.27. The molecule has 0 saturated heterocycles. The highest BCUT2D eigenvalue weighted by molar-refractivity contribution is 9.10. The van der Waals surface area contributed by atoms with Gasteiger partial charge in [0.15, 0.2) is 0 Å². The number of anilines is 1. The van der Waals surface area contributed by atoms with Gasteiger partial charge in [-0.25, -0.2) is 0 Å². The van der Waals surface area contributed by atoms with E-state index < -0.39 is 10.2 Å². The topological polar surface area (TPSA) is 29.1 Å². The molecule has 1 aromatic rings. The van der Waals surface area contributed by atoms with Crippen molar-refractivity contribution in [3.63, 3.8) is 0 Å². The van der Waals surface area contributed by atoms with Crippen LogP contribution in [0.3, 0.4) is 0 Å². The van der Waals surface area contributed by atoms with E-state index in [0.717, 1.165) is 0 Å². The number of nitrogens with one attached hydrogen (secondary N) is 1. The lowest BCUT2D eigenvalue weighted by atomic mass is 9.37. The SMILES string of the molecule is [B]C([B])([B])c1cc(Br)cc(C([B])([B])[B])c1NC(=O)CC(C)(C)C. The summed E-state index contributed by atoms with van der Waals surface area (Å²) < 4.78 is 0.577. The molecule has 0 aliphatic carbocycles. The zero-order valence-corrected chi connectivity index (χ0v) is 15.2. The van der Waals surface area contributed by atoms with E-state index in [0.29, 0.717) is 4.47 Å². The van der Waals surface area contributed by atoms with Crippen LogP contribution in [0.15, 0.2) is 16.6 Å². The number of benzene rings is 1. The Morgan fingerprint density at radius 2 is 1.39 bits per heavy atom. The van der Waals surface area contributed by atoms with Gasteiger partial charge in [0.1, 0.15) is 0 Å². The van der Waals surface area contributed by atoms with Crippen LogP contribution >= 0.6 is 15.9 Å². The summed E-state index contributed by atoms with van der Waals surface area (Å²) >= 11 is 3.30. The highest BCUT2D eigenvalue weighted by atomic mass is 79.9. The minimum atomic E-state index is -1.71. The quantitative estimate of drug-likeness (QED) is 0.803. The molecular weight excluding hydrogens is 343 g/mol. The van der Waals surface area contributed by atoms with Crippen LogP contribution in [0.5, 0.6) is 0 Å². The van der Waals surface area contributed by atoms with Crippen molar-refractivity contribution < 1.29 is 4.79 Å². The maximum Gasteiger partial charge on any atom is 0.224 e. The Labute approximate surface area is 155 Å². The van der Waals surface area contributed by atoms with Crippen molar-refractivity contribution >= 4 is 74.6 Å². The van der Waals surface area contributed by atoms with Gasteiger partial charge < -0.3 is 5.32 Å². The summed E-state index contributed by atoms with van der Waals surface area (Å²) in [5.41, 5.74) is 0.531. The summed E-state index contributed by atoms with van der Waals surface area (Å²) in [6.45, 7) is 5.82. The molecule has 1 rings (SSSR count). The second kappa shape index (κ2) is 6.82. The summed E-state index contributed by atoms with van der Waals surface area (Å²) in [7, 11) is 34.8. The molecule has 2 nitrogen and oxygen atoms in total. The third kappa shape index (κ3) is 6.17. The number of halogens is 1. The summed E-state index contributed by atoms with van der Waals surface area (Å²) in [5, 5.41) is -0.692. The van der Waals surface area contributed by atoms with Gasteiger partial charge in [0.2, 0.25) is 5.91 Å². The number of hydrogen-bond donors (Lipinski definition) is 1. The molecule has 0 atom stereocenters. The summed E-state index contributed by atoms with van der Waals surface area (Å²) in [5.74, 6) is -0.254. The van der Waals surface area contributed by atoms with E-state index in [-0.39, 0.29) is 34.6 Å². The Bertz CT molecular complexity index is 566. The number of carbonyl (C=O) groups excluding carboxylic acids is 1. The number of carbonyl (C=O) groups is 1. The molecule has 1 N–H and O–H groups in total. The summed E-state index contributed by atoms with van der Waals surface area (Å²) in [4.78, 5) is 12.3. The molecule has 0 fully saturated rings. The third-order valence-electron chi connectivity index (χ3n) is 2.99. The monoisotopic (exact) mass is 357 g/mol. The molecule has 12 radical (unpaired) electrons. The number of hydrogen-bond acceptors (Lipinski definition) is 1. The Kier molecular flexibility index (Phi) is 6.11. The molecule has 0 spiro atoms. The van der Waals surface area contributed by atoms with Crippen LogP contribution in [0, 0.1) is 5.41 Å². The third-order valence-corrected chi connectivity index (χ3v) is 3.45. The molecule has 0 unspecified atom stereocenters. The Hall–Kier alpha value is -0.440. The maximum absolute atomic E-state index is 12.3. The predicted molar refractivity (Wildman–Crippen MR) is 105 cm³/mol. The van der Waals surface area contributed by atoms with Gasteiger partial charge in [-0.2, -0.15) is 0 Å². The average molecular weight is 357 g/mol. The molecule has 1 amide bonds. The van der Waals surface area contributed by atoms with Crippen LogP contribution in [-0.2, 0) is 15.0 Å². The van der Waals surface area contributed by atoms with Gasteiger partial charge in [-0.05, 0) is 28.7 Å². The minimum Gasteiger partial charge on any atom is -0.326 e. The highest BCUT2D eigenvalue weighted by Crippen LogP contribution is 2.35. The number of amides is 1. The van der Waals surface area contributed by atoms with Gasteiger partial charge in [-0.3, -0.25) is 4.79 Å². The standard InChI is InChI=1S/C14H14B6BrNO/c1-12(2,3)6-10(23)22-11-8(13(15,16)17)4-7(21)5-9(11)14(18,19)20/h4-5H,6H2,1-3H3,(H,22,23). The minimum absolute atomic E-state index is 0.212. The second-order valence-electron chi connectivity index (χ2n) is 7.03. The van der Waals surface area contributed by atoms with Crippen molar-refractivity contribution in [1.82, 2.24) is 0 Å². The fourth-order valence-electron chi connectivity index (χ4n) is 2.09. The largest absolute Gasteiger partial charge is 0.326 e. The summed E-state index contributed by atoms with van der Waals surface area (Å²) in [6, 6.07) is 3.17. The maximum atomic E-state index is 12.3. The molecule has 0 heterocycles. The van der Waals surface area contributed by atoms with Crippen molar-refractivity contribution in [2.24, 2.45) is 5.41 Å². The van der Waals surface area contributed by atoms with E-state index in [4.69, 9.17) is 47.1 Å². The Morgan fingerprint density at radius 3 is 1.70 bits per heavy atom. The van der Waals surface area contributed by atoms with E-state index >= 15 is 0 Å². The smallest absolute Gasteiger partial charge is 0.224 e. The van der Waals surface area contributed by atoms with E-state index in [9.17, 15) is 4.79 Å². The van der Waals surface area contributed by atoms with Crippen molar-refractivity contribution in [2.75, 3.05) is 5.32 Å². The van der Waals surface area contributed by atoms with Gasteiger partial charge in [0.05, 0.1) is 47.1 Å². The van der Waals surface area contributed by atoms with E-state index in [2.05, 4.69) is 21.2 Å². The average Bonchev–Trinajstić information content (AvgIpc) is 2.25. The van der Waals surface area contributed by atoms with Gasteiger partial charge >= 0.3 is 0 Å². The lowest BCUT2D eigenvalue weighted by Gasteiger charge is -2.32. The molecule has 1 aromatic carbocycles. The fraction of sp³-hybridized carbons (Fsp3) is 0.500. The molecule has 0 aromatic heterocycles. The van der Waals surface area contributed by atoms with Crippen molar-refractivity contribution in [3.8, 4) is 0 Å². The van der Waals surface area contributed by atoms with E-state index in [1.807, 2.05) is 20.8 Å². The first kappa shape index (κ1) is 20.6. The molecular formula is C14H14B6BrNO. The first-order chi connectivity index (χ1) is 10.1. The molecule has 0 saturated carbocycles. The van der Waals surface area contributed by atoms with E-state index in [1.165, 1.54) is 0 Å². The zero-order chi connectivity index (χ0) is 18.2. The van der Waals surface area contributed by atoms with Crippen LogP contribution < -0.4 is 5.32 Å². The first-order valence-corrected chi connectivity index (χ1v) is 7.78. The van der Waals surface area contributed by atoms with Gasteiger partial charge in [0.25, 0.3) is 0 Å². The lowest BCUT2D eigenvalue weighted by molar-refractivity contribution is -0.117. The van der Waals surface area contributed by atoms with Crippen LogP contribution in [0.2, 0.25) is 0 Å². The number of rotatable bonds is 4. The fourth-order valence-corrected chi connectivity index (χ4v) is 2.55. The Balaban J connectivity index is 3.45. The van der Waals surface area contributed by atoms with Crippen LogP contribution in [0.25, 0.3) is 0 Å². The van der Waals surface area contributed by atoms with Gasteiger partial charge in [0, 0.05) is 16.6 Å². The van der Waals surface area contributed by atoms with Crippen molar-refractivity contribution in [2.45, 2.75) is 37.4 Å². The van der Waals surface area contributed by atoms with Gasteiger partial charge in [-0.1, -0.05) is 36.7 Å². The van der Waals surface area contributed by atoms with E-state index in [1.54, 1.807) is 12.1 Å². The second-order valence-corrected chi connectivity index (χ2v) is 7.94. The molecule has 0 bridgehead atoms. The van der Waals surface area contributed by atoms with Crippen LogP contribution in [0.4, 0.5) is 5.69 Å². The molecule has 106 valence electrons. The normalized spacial score (nSPS) is 12.9. The van der Waals surface area contributed by atoms with Crippen LogP contribution in [0.1, 0.15) is 38.3 Å². The molecule has 0 aliphatic rings. The predicted octanol–water partition coefficient (Wildman–Crippen LogP) is 1.06. The summed E-state index contributed by atoms with van der Waals surface area (Å²) in [6.07, 6.45) is 0.265. The molecule has 0 aliphatic heterocycles. The zero-order valence-electron chi connectivity index (χ0n) is 13.6. The van der Waals surface area contributed by atoms with Crippen LogP contribution in [-0.4, -0.2) is 53.0 Å². The Morgan fingerprint density at radius 1 is 1.00 bits per heavy atom. The van der Waals surface area contributed by atoms with Crippen molar-refractivity contribution in [1.29, 1.82) is 0 Å². The van der Waals surface area contributed by atoms with Crippen molar-refractivity contribution in [3.05, 3.63) is 27.7 Å². The molecule has 9 heteroatoms. The lowest BCUT2D eigenvalue weighted by Crippen LogP contribution is -2.34.